The summed E-state index contributed by atoms with van der Waals surface area (Å²) in [4.78, 5) is 40.0. The first-order valence-electron chi connectivity index (χ1n) is 12.4. The summed E-state index contributed by atoms with van der Waals surface area (Å²) in [6.45, 7) is 6.58. The number of carbonyl (C=O) groups is 2. The van der Waals surface area contributed by atoms with Crippen molar-refractivity contribution in [1.82, 2.24) is 4.90 Å². The van der Waals surface area contributed by atoms with Gasteiger partial charge in [-0.05, 0) is 48.4 Å². The van der Waals surface area contributed by atoms with E-state index in [0.29, 0.717) is 66.3 Å². The van der Waals surface area contributed by atoms with Crippen LogP contribution in [-0.2, 0) is 9.59 Å². The van der Waals surface area contributed by atoms with Crippen molar-refractivity contribution in [1.29, 1.82) is 0 Å². The SMILES string of the molecule is CC(C)CC(=O)N1CCN(c2ccc(Cl)cc2NC(=O)/C=C/c2ccc(-c3ccccc3[N+](=O)[O-])o2)CC1. The van der Waals surface area contributed by atoms with Crippen LogP contribution in [0.3, 0.4) is 0 Å². The normalized spacial score (nSPS) is 13.8. The lowest BCUT2D eigenvalue weighted by atomic mass is 10.1. The third-order valence-electron chi connectivity index (χ3n) is 6.16. The van der Waals surface area contributed by atoms with Crippen molar-refractivity contribution in [3.05, 3.63) is 81.6 Å². The van der Waals surface area contributed by atoms with Crippen molar-refractivity contribution in [3.8, 4) is 11.3 Å². The Hall–Kier alpha value is -4.11. The van der Waals surface area contributed by atoms with Crippen molar-refractivity contribution in [2.45, 2.75) is 20.3 Å². The van der Waals surface area contributed by atoms with Gasteiger partial charge in [0, 0.05) is 49.8 Å². The quantitative estimate of drug-likeness (QED) is 0.219. The highest BCUT2D eigenvalue weighted by Gasteiger charge is 2.23. The molecule has 2 aromatic carbocycles. The second-order valence-corrected chi connectivity index (χ2v) is 9.86. The minimum Gasteiger partial charge on any atom is -0.456 e. The van der Waals surface area contributed by atoms with Crippen LogP contribution in [0.25, 0.3) is 17.4 Å². The largest absolute Gasteiger partial charge is 0.456 e. The van der Waals surface area contributed by atoms with Crippen LogP contribution in [-0.4, -0.2) is 47.8 Å². The topological polar surface area (TPSA) is 109 Å². The molecule has 198 valence electrons. The van der Waals surface area contributed by atoms with Gasteiger partial charge in [0.2, 0.25) is 11.8 Å². The number of hydrogen-bond acceptors (Lipinski definition) is 6. The summed E-state index contributed by atoms with van der Waals surface area (Å²) in [7, 11) is 0. The molecule has 9 nitrogen and oxygen atoms in total. The smallest absolute Gasteiger partial charge is 0.280 e. The predicted octanol–water partition coefficient (Wildman–Crippen LogP) is 5.85. The van der Waals surface area contributed by atoms with Crippen LogP contribution in [0.15, 0.2) is 65.1 Å². The highest BCUT2D eigenvalue weighted by atomic mass is 35.5. The fourth-order valence-electron chi connectivity index (χ4n) is 4.32. The highest BCUT2D eigenvalue weighted by molar-refractivity contribution is 6.31. The standard InChI is InChI=1S/C28H29ClN4O5/c1-19(2)17-28(35)32-15-13-31(14-16-32)25-10-7-20(29)18-23(25)30-27(34)12-9-21-8-11-26(38-21)22-5-3-4-6-24(22)33(36)37/h3-12,18-19H,13-17H2,1-2H3,(H,30,34)/b12-9+. The number of amides is 2. The maximum absolute atomic E-state index is 12.8. The number of piperazine rings is 1. The second kappa shape index (κ2) is 12.0. The minimum absolute atomic E-state index is 0.0614. The van der Waals surface area contributed by atoms with Crippen molar-refractivity contribution >= 4 is 46.6 Å². The Balaban J connectivity index is 1.42. The number of nitro benzene ring substituents is 1. The van der Waals surface area contributed by atoms with Crippen LogP contribution in [0.5, 0.6) is 0 Å². The van der Waals surface area contributed by atoms with Gasteiger partial charge in [0.1, 0.15) is 11.5 Å². The van der Waals surface area contributed by atoms with Gasteiger partial charge in [-0.3, -0.25) is 19.7 Å². The number of furan rings is 1. The number of nitrogens with one attached hydrogen (secondary N) is 1. The molecular weight excluding hydrogens is 508 g/mol. The Labute approximate surface area is 225 Å². The van der Waals surface area contributed by atoms with Crippen LogP contribution in [0.2, 0.25) is 5.02 Å². The maximum Gasteiger partial charge on any atom is 0.280 e. The van der Waals surface area contributed by atoms with Crippen molar-refractivity contribution < 1.29 is 18.9 Å². The zero-order valence-corrected chi connectivity index (χ0v) is 22.0. The molecule has 0 radical (unpaired) electrons. The number of rotatable bonds is 8. The van der Waals surface area contributed by atoms with Gasteiger partial charge in [-0.15, -0.1) is 0 Å². The van der Waals surface area contributed by atoms with Crippen LogP contribution in [0.1, 0.15) is 26.0 Å². The molecule has 1 aromatic heterocycles. The molecule has 10 heteroatoms. The fourth-order valence-corrected chi connectivity index (χ4v) is 4.49. The van der Waals surface area contributed by atoms with Crippen LogP contribution >= 0.6 is 11.6 Å². The summed E-state index contributed by atoms with van der Waals surface area (Å²) in [5, 5.41) is 14.7. The fraction of sp³-hybridized carbons (Fsp3) is 0.286. The van der Waals surface area contributed by atoms with Gasteiger partial charge >= 0.3 is 0 Å². The molecule has 1 saturated heterocycles. The summed E-state index contributed by atoms with van der Waals surface area (Å²) in [6, 6.07) is 14.9. The Morgan fingerprint density at radius 2 is 1.84 bits per heavy atom. The lowest BCUT2D eigenvalue weighted by Gasteiger charge is -2.37. The van der Waals surface area contributed by atoms with Crippen LogP contribution in [0.4, 0.5) is 17.1 Å². The maximum atomic E-state index is 12.8. The van der Waals surface area contributed by atoms with Gasteiger partial charge in [0.05, 0.1) is 21.9 Å². The van der Waals surface area contributed by atoms with E-state index in [2.05, 4.69) is 10.2 Å². The molecular formula is C28H29ClN4O5. The first kappa shape index (κ1) is 26.9. The number of hydrogen-bond donors (Lipinski definition) is 1. The van der Waals surface area contributed by atoms with E-state index in [-0.39, 0.29) is 17.5 Å². The summed E-state index contributed by atoms with van der Waals surface area (Å²) in [6.07, 6.45) is 3.36. The van der Waals surface area contributed by atoms with Gasteiger partial charge in [0.25, 0.3) is 5.69 Å². The average Bonchev–Trinajstić information content (AvgIpc) is 3.36. The van der Waals surface area contributed by atoms with E-state index >= 15 is 0 Å². The van der Waals surface area contributed by atoms with E-state index in [0.717, 1.165) is 5.69 Å². The number of nitrogens with zero attached hydrogens (tertiary/aromatic N) is 3. The minimum atomic E-state index is -0.465. The first-order chi connectivity index (χ1) is 18.2. The Morgan fingerprint density at radius 3 is 2.55 bits per heavy atom. The number of benzene rings is 2. The monoisotopic (exact) mass is 536 g/mol. The van der Waals surface area contributed by atoms with E-state index in [9.17, 15) is 19.7 Å². The zero-order chi connectivity index (χ0) is 27.2. The van der Waals surface area contributed by atoms with E-state index in [4.69, 9.17) is 16.0 Å². The predicted molar refractivity (Wildman–Crippen MR) is 148 cm³/mol. The molecule has 2 heterocycles. The number of anilines is 2. The van der Waals surface area contributed by atoms with Crippen molar-refractivity contribution in [2.75, 3.05) is 36.4 Å². The van der Waals surface area contributed by atoms with Crippen LogP contribution < -0.4 is 10.2 Å². The molecule has 0 aliphatic carbocycles. The highest BCUT2D eigenvalue weighted by Crippen LogP contribution is 2.32. The molecule has 0 unspecified atom stereocenters. The van der Waals surface area contributed by atoms with Gasteiger partial charge < -0.3 is 19.5 Å². The summed E-state index contributed by atoms with van der Waals surface area (Å²) < 4.78 is 5.72. The third-order valence-corrected chi connectivity index (χ3v) is 6.40. The summed E-state index contributed by atoms with van der Waals surface area (Å²) >= 11 is 6.22. The van der Waals surface area contributed by atoms with Gasteiger partial charge in [-0.2, -0.15) is 0 Å². The van der Waals surface area contributed by atoms with E-state index in [1.165, 1.54) is 18.2 Å². The molecule has 0 spiro atoms. The van der Waals surface area contributed by atoms with E-state index in [1.54, 1.807) is 42.5 Å². The molecule has 4 rings (SSSR count). The van der Waals surface area contributed by atoms with E-state index < -0.39 is 4.92 Å². The van der Waals surface area contributed by atoms with Crippen molar-refractivity contribution in [2.24, 2.45) is 5.92 Å². The molecule has 1 aliphatic rings. The first-order valence-corrected chi connectivity index (χ1v) is 12.7. The Kier molecular flexibility index (Phi) is 8.48. The third kappa shape index (κ3) is 6.60. The van der Waals surface area contributed by atoms with Gasteiger partial charge in [-0.25, -0.2) is 0 Å². The molecule has 2 amide bonds. The number of carbonyl (C=O) groups excluding carboxylic acids is 2. The average molecular weight is 537 g/mol. The molecule has 0 atom stereocenters. The lowest BCUT2D eigenvalue weighted by Crippen LogP contribution is -2.49. The Bertz CT molecular complexity index is 1360. The molecule has 0 saturated carbocycles. The number of para-hydroxylation sites is 1. The molecule has 0 bridgehead atoms. The molecule has 1 fully saturated rings. The lowest BCUT2D eigenvalue weighted by molar-refractivity contribution is -0.384. The molecule has 1 aliphatic heterocycles. The molecule has 38 heavy (non-hydrogen) atoms. The number of halogens is 1. The summed E-state index contributed by atoms with van der Waals surface area (Å²) in [5.41, 5.74) is 1.68. The number of nitro groups is 1. The molecule has 3 aromatic rings. The second-order valence-electron chi connectivity index (χ2n) is 9.43. The Morgan fingerprint density at radius 1 is 1.11 bits per heavy atom. The van der Waals surface area contributed by atoms with Gasteiger partial charge in [0.15, 0.2) is 0 Å². The van der Waals surface area contributed by atoms with Gasteiger partial charge in [-0.1, -0.05) is 37.6 Å². The molecule has 1 N–H and O–H groups in total. The van der Waals surface area contributed by atoms with Crippen molar-refractivity contribution in [3.63, 3.8) is 0 Å². The van der Waals surface area contributed by atoms with E-state index in [1.807, 2.05) is 24.8 Å². The van der Waals surface area contributed by atoms with Crippen LogP contribution in [0, 0.1) is 16.0 Å². The summed E-state index contributed by atoms with van der Waals surface area (Å²) in [5.74, 6) is 0.805. The zero-order valence-electron chi connectivity index (χ0n) is 21.2.